The van der Waals surface area contributed by atoms with Gasteiger partial charge < -0.3 is 10.2 Å². The number of non-ortho nitro benzene ring substituents is 1. The van der Waals surface area contributed by atoms with E-state index in [1.165, 1.54) is 12.1 Å². The second kappa shape index (κ2) is 6.86. The van der Waals surface area contributed by atoms with E-state index in [-0.39, 0.29) is 11.7 Å². The fourth-order valence-corrected chi connectivity index (χ4v) is 2.74. The molecule has 0 aliphatic carbocycles. The molecule has 8 nitrogen and oxygen atoms in total. The summed E-state index contributed by atoms with van der Waals surface area (Å²) in [6.07, 6.45) is 3.86. The van der Waals surface area contributed by atoms with Gasteiger partial charge in [0.05, 0.1) is 22.7 Å². The van der Waals surface area contributed by atoms with Crippen LogP contribution in [-0.2, 0) is 7.05 Å². The summed E-state index contributed by atoms with van der Waals surface area (Å²) in [5.74, 6) is 0.733. The average Bonchev–Trinajstić information content (AvgIpc) is 3.00. The summed E-state index contributed by atoms with van der Waals surface area (Å²) in [6.45, 7) is 0.671. The maximum absolute atomic E-state index is 10.9. The number of pyridine rings is 1. The van der Waals surface area contributed by atoms with Crippen molar-refractivity contribution in [1.29, 1.82) is 0 Å². The van der Waals surface area contributed by atoms with Gasteiger partial charge in [-0.25, -0.2) is 4.98 Å². The van der Waals surface area contributed by atoms with E-state index in [0.29, 0.717) is 6.54 Å². The van der Waals surface area contributed by atoms with E-state index in [1.807, 2.05) is 45.7 Å². The van der Waals surface area contributed by atoms with Crippen molar-refractivity contribution in [3.05, 3.63) is 58.4 Å². The van der Waals surface area contributed by atoms with Crippen molar-refractivity contribution >= 4 is 22.4 Å². The van der Waals surface area contributed by atoms with Crippen molar-refractivity contribution in [2.75, 3.05) is 26.0 Å². The Labute approximate surface area is 145 Å². The van der Waals surface area contributed by atoms with E-state index in [1.54, 1.807) is 10.7 Å². The van der Waals surface area contributed by atoms with Gasteiger partial charge in [0, 0.05) is 42.9 Å². The van der Waals surface area contributed by atoms with Crippen LogP contribution in [0.5, 0.6) is 0 Å². The minimum absolute atomic E-state index is 0.0688. The highest BCUT2D eigenvalue weighted by atomic mass is 16.6. The predicted octanol–water partition coefficient (Wildman–Crippen LogP) is 2.59. The van der Waals surface area contributed by atoms with Gasteiger partial charge in [-0.15, -0.1) is 0 Å². The molecule has 2 aromatic heterocycles. The topological polar surface area (TPSA) is 89.1 Å². The van der Waals surface area contributed by atoms with Crippen molar-refractivity contribution in [2.24, 2.45) is 7.05 Å². The van der Waals surface area contributed by atoms with Gasteiger partial charge in [0.2, 0.25) is 0 Å². The van der Waals surface area contributed by atoms with Crippen LogP contribution in [0.15, 0.2) is 42.7 Å². The van der Waals surface area contributed by atoms with Crippen LogP contribution >= 0.6 is 0 Å². The largest absolute Gasteiger partial charge is 0.368 e. The molecule has 1 unspecified atom stereocenters. The lowest BCUT2D eigenvalue weighted by Gasteiger charge is -2.23. The number of nitrogens with one attached hydrogen (secondary N) is 1. The van der Waals surface area contributed by atoms with E-state index in [2.05, 4.69) is 20.3 Å². The third kappa shape index (κ3) is 3.74. The lowest BCUT2D eigenvalue weighted by Crippen LogP contribution is -2.26. The van der Waals surface area contributed by atoms with Crippen molar-refractivity contribution in [3.63, 3.8) is 0 Å². The molecule has 0 amide bonds. The molecule has 0 radical (unpaired) electrons. The molecule has 0 spiro atoms. The van der Waals surface area contributed by atoms with Crippen LogP contribution in [-0.4, -0.2) is 45.2 Å². The molecule has 1 atom stereocenters. The van der Waals surface area contributed by atoms with Gasteiger partial charge >= 0.3 is 0 Å². The lowest BCUT2D eigenvalue weighted by molar-refractivity contribution is -0.384. The highest BCUT2D eigenvalue weighted by molar-refractivity contribution is 5.82. The zero-order valence-electron chi connectivity index (χ0n) is 14.4. The van der Waals surface area contributed by atoms with E-state index >= 15 is 0 Å². The minimum Gasteiger partial charge on any atom is -0.368 e. The van der Waals surface area contributed by atoms with Crippen molar-refractivity contribution < 1.29 is 4.92 Å². The summed E-state index contributed by atoms with van der Waals surface area (Å²) < 4.78 is 1.78. The van der Waals surface area contributed by atoms with Crippen molar-refractivity contribution in [1.82, 2.24) is 19.7 Å². The number of nitrogens with zero attached hydrogens (tertiary/aromatic N) is 5. The molecule has 2 heterocycles. The number of aryl methyl sites for hydroxylation is 1. The number of nitro groups is 1. The van der Waals surface area contributed by atoms with Crippen LogP contribution < -0.4 is 5.32 Å². The summed E-state index contributed by atoms with van der Waals surface area (Å²) >= 11 is 0. The Bertz CT molecular complexity index is 905. The monoisotopic (exact) mass is 340 g/mol. The molecule has 8 heteroatoms. The summed E-state index contributed by atoms with van der Waals surface area (Å²) in [5.41, 5.74) is 1.91. The van der Waals surface area contributed by atoms with Crippen molar-refractivity contribution in [2.45, 2.75) is 6.04 Å². The standard InChI is InChI=1S/C17H20N6O2/c1-21(2)16(13-9-19-22(3)11-13)10-18-17-7-4-12-8-14(23(24)25)5-6-15(12)20-17/h4-9,11,16H,10H2,1-3H3,(H,18,20). The molecule has 1 aromatic carbocycles. The van der Waals surface area contributed by atoms with Gasteiger partial charge in [-0.3, -0.25) is 14.8 Å². The normalized spacial score (nSPS) is 12.5. The zero-order valence-corrected chi connectivity index (χ0v) is 14.4. The van der Waals surface area contributed by atoms with E-state index in [0.717, 1.165) is 22.3 Å². The summed E-state index contributed by atoms with van der Waals surface area (Å²) in [5, 5.41) is 19.2. The molecule has 0 saturated heterocycles. The molecule has 1 N–H and O–H groups in total. The number of rotatable bonds is 6. The van der Waals surface area contributed by atoms with Crippen LogP contribution in [0.3, 0.4) is 0 Å². The molecular formula is C17H20N6O2. The molecule has 0 aliphatic rings. The molecule has 0 fully saturated rings. The predicted molar refractivity (Wildman–Crippen MR) is 96.5 cm³/mol. The van der Waals surface area contributed by atoms with Gasteiger partial charge in [0.1, 0.15) is 5.82 Å². The number of anilines is 1. The van der Waals surface area contributed by atoms with Crippen LogP contribution in [0.1, 0.15) is 11.6 Å². The van der Waals surface area contributed by atoms with Crippen LogP contribution in [0.25, 0.3) is 10.9 Å². The quantitative estimate of drug-likeness (QED) is 0.548. The Morgan fingerprint density at radius 3 is 2.76 bits per heavy atom. The van der Waals surface area contributed by atoms with Crippen LogP contribution in [0.4, 0.5) is 11.5 Å². The molecular weight excluding hydrogens is 320 g/mol. The Morgan fingerprint density at radius 2 is 2.12 bits per heavy atom. The number of nitro benzene ring substituents is 1. The van der Waals surface area contributed by atoms with Gasteiger partial charge in [0.25, 0.3) is 5.69 Å². The molecule has 130 valence electrons. The summed E-state index contributed by atoms with van der Waals surface area (Å²) in [6, 6.07) is 8.50. The second-order valence-corrected chi connectivity index (χ2v) is 6.14. The fourth-order valence-electron chi connectivity index (χ4n) is 2.74. The van der Waals surface area contributed by atoms with E-state index < -0.39 is 4.92 Å². The third-order valence-electron chi connectivity index (χ3n) is 4.09. The van der Waals surface area contributed by atoms with Gasteiger partial charge in [-0.2, -0.15) is 5.10 Å². The Hall–Kier alpha value is -3.00. The molecule has 3 aromatic rings. The SMILES string of the molecule is CN(C)C(CNc1ccc2cc([N+](=O)[O-])ccc2n1)c1cnn(C)c1. The van der Waals surface area contributed by atoms with E-state index in [9.17, 15) is 10.1 Å². The fraction of sp³-hybridized carbons (Fsp3) is 0.294. The summed E-state index contributed by atoms with van der Waals surface area (Å²) in [7, 11) is 5.94. The minimum atomic E-state index is -0.402. The highest BCUT2D eigenvalue weighted by Gasteiger charge is 2.16. The van der Waals surface area contributed by atoms with Crippen molar-refractivity contribution in [3.8, 4) is 0 Å². The number of hydrogen-bond donors (Lipinski definition) is 1. The first kappa shape index (κ1) is 16.8. The van der Waals surface area contributed by atoms with Crippen LogP contribution in [0.2, 0.25) is 0 Å². The van der Waals surface area contributed by atoms with Gasteiger partial charge in [0.15, 0.2) is 0 Å². The second-order valence-electron chi connectivity index (χ2n) is 6.14. The first-order valence-corrected chi connectivity index (χ1v) is 7.88. The first-order valence-electron chi connectivity index (χ1n) is 7.88. The number of likely N-dealkylation sites (N-methyl/N-ethyl adjacent to an activating group) is 1. The summed E-state index contributed by atoms with van der Waals surface area (Å²) in [4.78, 5) is 17.1. The molecule has 25 heavy (non-hydrogen) atoms. The maximum Gasteiger partial charge on any atom is 0.270 e. The highest BCUT2D eigenvalue weighted by Crippen LogP contribution is 2.22. The maximum atomic E-state index is 10.9. The molecule has 0 saturated carbocycles. The van der Waals surface area contributed by atoms with Gasteiger partial charge in [-0.05, 0) is 32.3 Å². The van der Waals surface area contributed by atoms with Gasteiger partial charge in [-0.1, -0.05) is 0 Å². The number of aromatic nitrogens is 3. The Kier molecular flexibility index (Phi) is 4.62. The average molecular weight is 340 g/mol. The molecule has 3 rings (SSSR count). The Morgan fingerprint density at radius 1 is 1.32 bits per heavy atom. The number of fused-ring (bicyclic) bond motifs is 1. The molecule has 0 aliphatic heterocycles. The lowest BCUT2D eigenvalue weighted by atomic mass is 10.1. The van der Waals surface area contributed by atoms with E-state index in [4.69, 9.17) is 0 Å². The Balaban J connectivity index is 1.77. The van der Waals surface area contributed by atoms with Crippen LogP contribution in [0, 0.1) is 10.1 Å². The first-order chi connectivity index (χ1) is 11.9. The zero-order chi connectivity index (χ0) is 18.0. The smallest absolute Gasteiger partial charge is 0.270 e. The number of benzene rings is 1. The third-order valence-corrected chi connectivity index (χ3v) is 4.09. The number of hydrogen-bond acceptors (Lipinski definition) is 6. The molecule has 0 bridgehead atoms.